The Morgan fingerprint density at radius 1 is 1.54 bits per heavy atom. The SMILES string of the molecule is [2H]c1c([2H])c(C([2H])([2H])C(=O)N(C([2H])([2H])[2H])C([2H])([2H])[2H])c([2H])c([2H])c1C. The molecular formula is C11H15NO. The predicted molar refractivity (Wildman–Crippen MR) is 53.6 cm³/mol. The number of likely N-dealkylation sites (N-methyl/N-ethyl adjacent to an activating group) is 1. The average molecular weight is 189 g/mol. The van der Waals surface area contributed by atoms with Gasteiger partial charge in [-0.3, -0.25) is 4.79 Å². The topological polar surface area (TPSA) is 20.3 Å². The molecule has 0 aliphatic heterocycles. The molecule has 0 unspecified atom stereocenters. The van der Waals surface area contributed by atoms with Gasteiger partial charge in [-0.15, -0.1) is 0 Å². The van der Waals surface area contributed by atoms with Crippen LogP contribution in [0.25, 0.3) is 0 Å². The quantitative estimate of drug-likeness (QED) is 0.692. The Morgan fingerprint density at radius 3 is 2.69 bits per heavy atom. The van der Waals surface area contributed by atoms with Crippen LogP contribution >= 0.6 is 0 Å². The van der Waals surface area contributed by atoms with Gasteiger partial charge in [0.05, 0.1) is 11.9 Å². The molecule has 0 heterocycles. The first-order chi connectivity index (χ1) is 11.0. The molecule has 13 heavy (non-hydrogen) atoms. The smallest absolute Gasteiger partial charge is 0.226 e. The van der Waals surface area contributed by atoms with Crippen LogP contribution in [-0.4, -0.2) is 24.8 Å². The molecule has 2 heteroatoms. The van der Waals surface area contributed by atoms with E-state index < -0.39 is 60.9 Å². The van der Waals surface area contributed by atoms with Gasteiger partial charge in [0.15, 0.2) is 0 Å². The van der Waals surface area contributed by atoms with Crippen molar-refractivity contribution in [1.82, 2.24) is 4.90 Å². The van der Waals surface area contributed by atoms with Crippen LogP contribution in [0.1, 0.15) is 27.6 Å². The van der Waals surface area contributed by atoms with Crippen LogP contribution in [0.15, 0.2) is 24.2 Å². The number of carbonyl (C=O) groups is 1. The zero-order chi connectivity index (χ0) is 20.1. The van der Waals surface area contributed by atoms with Crippen LogP contribution in [0.5, 0.6) is 0 Å². The van der Waals surface area contributed by atoms with E-state index in [0.29, 0.717) is 0 Å². The first kappa shape index (κ1) is 2.38. The number of hydrogen-bond donors (Lipinski definition) is 0. The maximum atomic E-state index is 12.4. The van der Waals surface area contributed by atoms with Crippen molar-refractivity contribution in [2.24, 2.45) is 0 Å². The lowest BCUT2D eigenvalue weighted by Crippen LogP contribution is -2.23. The highest BCUT2D eigenvalue weighted by Crippen LogP contribution is 2.04. The number of carbonyl (C=O) groups excluding carboxylic acids is 1. The van der Waals surface area contributed by atoms with Gasteiger partial charge in [-0.2, -0.15) is 0 Å². The molecule has 0 radical (unpaired) electrons. The van der Waals surface area contributed by atoms with Gasteiger partial charge in [0.2, 0.25) is 5.91 Å². The van der Waals surface area contributed by atoms with Crippen LogP contribution in [-0.2, 0) is 11.2 Å². The zero-order valence-corrected chi connectivity index (χ0v) is 6.86. The Kier molecular flexibility index (Phi) is 0.747. The molecule has 0 saturated carbocycles. The van der Waals surface area contributed by atoms with Crippen molar-refractivity contribution >= 4 is 5.91 Å². The molecule has 0 saturated heterocycles. The van der Waals surface area contributed by atoms with Crippen LogP contribution in [0.4, 0.5) is 0 Å². The maximum absolute atomic E-state index is 12.4. The van der Waals surface area contributed by atoms with Crippen molar-refractivity contribution in [2.45, 2.75) is 13.3 Å². The molecule has 0 aromatic heterocycles. The van der Waals surface area contributed by atoms with Gasteiger partial charge in [0.1, 0.15) is 0 Å². The molecule has 0 bridgehead atoms. The van der Waals surface area contributed by atoms with Crippen molar-refractivity contribution in [3.8, 4) is 0 Å². The summed E-state index contributed by atoms with van der Waals surface area (Å²) in [4.78, 5) is 11.8. The van der Waals surface area contributed by atoms with Gasteiger partial charge in [0, 0.05) is 24.9 Å². The molecule has 0 aliphatic carbocycles. The van der Waals surface area contributed by atoms with Gasteiger partial charge in [-0.25, -0.2) is 0 Å². The number of nitrogens with zero attached hydrogens (tertiary/aromatic N) is 1. The minimum absolute atomic E-state index is 0.0921. The van der Waals surface area contributed by atoms with E-state index in [2.05, 4.69) is 0 Å². The highest BCUT2D eigenvalue weighted by molar-refractivity contribution is 5.78. The van der Waals surface area contributed by atoms with Crippen LogP contribution < -0.4 is 0 Å². The van der Waals surface area contributed by atoms with E-state index in [1.54, 1.807) is 0 Å². The first-order valence-corrected chi connectivity index (χ1v) is 3.37. The second-order valence-electron chi connectivity index (χ2n) is 2.27. The fourth-order valence-corrected chi connectivity index (χ4v) is 0.600. The summed E-state index contributed by atoms with van der Waals surface area (Å²) in [5, 5.41) is 0. The van der Waals surface area contributed by atoms with Crippen LogP contribution in [0, 0.1) is 6.92 Å². The van der Waals surface area contributed by atoms with Crippen LogP contribution in [0.2, 0.25) is 0 Å². The summed E-state index contributed by atoms with van der Waals surface area (Å²) in [6.45, 7) is -5.74. The molecule has 1 aromatic carbocycles. The molecule has 0 atom stereocenters. The minimum atomic E-state index is -3.50. The third-order valence-corrected chi connectivity index (χ3v) is 1.19. The minimum Gasteiger partial charge on any atom is -0.349 e. The number of amides is 1. The van der Waals surface area contributed by atoms with Gasteiger partial charge in [-0.1, -0.05) is 29.7 Å². The predicted octanol–water partition coefficient (Wildman–Crippen LogP) is 1.63. The summed E-state index contributed by atoms with van der Waals surface area (Å²) < 4.78 is 89.8. The highest BCUT2D eigenvalue weighted by atomic mass is 16.2. The Balaban J connectivity index is 3.70. The van der Waals surface area contributed by atoms with E-state index in [9.17, 15) is 4.79 Å². The van der Waals surface area contributed by atoms with E-state index in [1.807, 2.05) is 0 Å². The lowest BCUT2D eigenvalue weighted by Gasteiger charge is -2.09. The molecule has 70 valence electrons. The Labute approximate surface area is 96.0 Å². The Bertz CT molecular complexity index is 661. The second-order valence-corrected chi connectivity index (χ2v) is 2.27. The van der Waals surface area contributed by atoms with E-state index >= 15 is 0 Å². The Morgan fingerprint density at radius 2 is 2.15 bits per heavy atom. The summed E-state index contributed by atoms with van der Waals surface area (Å²) in [6.07, 6.45) is -3.41. The fraction of sp³-hybridized carbons (Fsp3) is 0.364. The van der Waals surface area contributed by atoms with Crippen molar-refractivity contribution in [2.75, 3.05) is 14.0 Å². The van der Waals surface area contributed by atoms with Gasteiger partial charge in [0.25, 0.3) is 0 Å². The van der Waals surface area contributed by atoms with E-state index in [1.165, 1.54) is 6.92 Å². The van der Waals surface area contributed by atoms with Crippen molar-refractivity contribution in [3.05, 3.63) is 35.3 Å². The second kappa shape index (κ2) is 4.08. The molecular weight excluding hydrogens is 162 g/mol. The summed E-state index contributed by atoms with van der Waals surface area (Å²) >= 11 is 0. The fourth-order valence-electron chi connectivity index (χ4n) is 0.600. The van der Waals surface area contributed by atoms with Crippen molar-refractivity contribution in [1.29, 1.82) is 0 Å². The summed E-state index contributed by atoms with van der Waals surface area (Å²) in [5.74, 6) is -2.00. The molecule has 0 fully saturated rings. The number of benzene rings is 1. The molecule has 1 aromatic rings. The van der Waals surface area contributed by atoms with E-state index in [4.69, 9.17) is 16.4 Å². The molecule has 2 nitrogen and oxygen atoms in total. The third-order valence-electron chi connectivity index (χ3n) is 1.19. The zero-order valence-electron chi connectivity index (χ0n) is 18.9. The Hall–Kier alpha value is -1.31. The van der Waals surface area contributed by atoms with Gasteiger partial charge >= 0.3 is 0 Å². The lowest BCUT2D eigenvalue weighted by molar-refractivity contribution is -0.127. The maximum Gasteiger partial charge on any atom is 0.226 e. The standard InChI is InChI=1S/C11H15NO/c1-9-4-6-10(7-5-9)8-11(13)12(2)3/h4-7H,8H2,1-3H3/i2D3,3D3,4D,5D,6D,7D,8D2. The molecule has 1 amide bonds. The third kappa shape index (κ3) is 2.90. The first-order valence-electron chi connectivity index (χ1n) is 9.37. The van der Waals surface area contributed by atoms with Crippen molar-refractivity contribution < 1.29 is 21.2 Å². The van der Waals surface area contributed by atoms with E-state index in [-0.39, 0.29) is 5.56 Å². The average Bonchev–Trinajstić information content (AvgIpc) is 2.39. The number of rotatable bonds is 2. The summed E-state index contributed by atoms with van der Waals surface area (Å²) in [6, 6.07) is -2.98. The molecule has 0 N–H and O–H groups in total. The largest absolute Gasteiger partial charge is 0.349 e. The summed E-state index contributed by atoms with van der Waals surface area (Å²) in [5.41, 5.74) is -1.11. The van der Waals surface area contributed by atoms with Crippen LogP contribution in [0.3, 0.4) is 0 Å². The summed E-state index contributed by atoms with van der Waals surface area (Å²) in [7, 11) is 0. The number of hydrogen-bond acceptors (Lipinski definition) is 1. The molecule has 1 rings (SSSR count). The monoisotopic (exact) mass is 189 g/mol. The highest BCUT2D eigenvalue weighted by Gasteiger charge is 2.04. The van der Waals surface area contributed by atoms with E-state index in [0.717, 1.165) is 0 Å². The molecule has 0 spiro atoms. The van der Waals surface area contributed by atoms with Crippen molar-refractivity contribution in [3.63, 3.8) is 0 Å². The molecule has 0 aliphatic rings. The normalized spacial score (nSPS) is 26.2. The lowest BCUT2D eigenvalue weighted by atomic mass is 10.1. The van der Waals surface area contributed by atoms with Gasteiger partial charge < -0.3 is 4.90 Å². The van der Waals surface area contributed by atoms with Gasteiger partial charge in [-0.05, 0) is 12.5 Å².